The Morgan fingerprint density at radius 3 is 2.55 bits per heavy atom. The molecule has 1 heterocycles. The van der Waals surface area contributed by atoms with E-state index in [0.29, 0.717) is 5.56 Å². The van der Waals surface area contributed by atoms with Crippen LogP contribution < -0.4 is 0 Å². The molecule has 8 nitrogen and oxygen atoms in total. The van der Waals surface area contributed by atoms with Crippen LogP contribution in [0.2, 0.25) is 0 Å². The van der Waals surface area contributed by atoms with Crippen molar-refractivity contribution in [3.05, 3.63) is 33.9 Å². The van der Waals surface area contributed by atoms with Crippen LogP contribution in [0.15, 0.2) is 23.1 Å². The molecular formula is C13H16N2O6S. The minimum absolute atomic E-state index is 0.0848. The number of sulfonamides is 1. The third-order valence-electron chi connectivity index (χ3n) is 3.90. The molecule has 9 heteroatoms. The molecule has 0 aromatic heterocycles. The summed E-state index contributed by atoms with van der Waals surface area (Å²) in [6.45, 7) is 3.18. The fraction of sp³-hybridized carbons (Fsp3) is 0.462. The number of aliphatic carboxylic acids is 1. The van der Waals surface area contributed by atoms with Crippen LogP contribution >= 0.6 is 0 Å². The van der Waals surface area contributed by atoms with E-state index in [1.165, 1.54) is 12.1 Å². The molecule has 0 radical (unpaired) electrons. The van der Waals surface area contributed by atoms with Gasteiger partial charge in [-0.15, -0.1) is 0 Å². The van der Waals surface area contributed by atoms with Crippen molar-refractivity contribution in [3.63, 3.8) is 0 Å². The first-order valence-corrected chi connectivity index (χ1v) is 8.06. The van der Waals surface area contributed by atoms with Gasteiger partial charge in [-0.1, -0.05) is 13.0 Å². The largest absolute Gasteiger partial charge is 0.481 e. The second-order valence-corrected chi connectivity index (χ2v) is 7.36. The number of hydrogen-bond acceptors (Lipinski definition) is 5. The lowest BCUT2D eigenvalue weighted by Crippen LogP contribution is -2.30. The van der Waals surface area contributed by atoms with E-state index >= 15 is 0 Å². The number of nitro benzene ring substituents is 1. The predicted octanol–water partition coefficient (Wildman–Crippen LogP) is 1.24. The number of carboxylic acid groups (broad SMARTS) is 1. The summed E-state index contributed by atoms with van der Waals surface area (Å²) in [7, 11) is -3.96. The Hall–Kier alpha value is -2.00. The van der Waals surface area contributed by atoms with Crippen LogP contribution in [0.25, 0.3) is 0 Å². The average molecular weight is 328 g/mol. The third-order valence-corrected chi connectivity index (χ3v) is 5.87. The van der Waals surface area contributed by atoms with Crippen molar-refractivity contribution in [1.29, 1.82) is 0 Å². The summed E-state index contributed by atoms with van der Waals surface area (Å²) < 4.78 is 26.4. The molecule has 0 saturated carbocycles. The van der Waals surface area contributed by atoms with Gasteiger partial charge >= 0.3 is 5.97 Å². The van der Waals surface area contributed by atoms with Gasteiger partial charge in [-0.25, -0.2) is 8.42 Å². The monoisotopic (exact) mass is 328 g/mol. The standard InChI is InChI=1S/C13H16N2O6S/c1-8-3-4-10(15(18)19)5-12(8)22(20,21)14-6-9(2)11(7-14)13(16)17/h3-5,9,11H,6-7H2,1-2H3,(H,16,17)/t9-,11-/m1/s1. The number of carbonyl (C=O) groups is 1. The Labute approximate surface area is 127 Å². The Balaban J connectivity index is 2.42. The fourth-order valence-corrected chi connectivity index (χ4v) is 4.37. The first-order valence-electron chi connectivity index (χ1n) is 6.62. The number of benzene rings is 1. The minimum atomic E-state index is -3.96. The van der Waals surface area contributed by atoms with Crippen LogP contribution in [-0.4, -0.2) is 41.8 Å². The molecule has 1 aromatic carbocycles. The average Bonchev–Trinajstić information content (AvgIpc) is 2.81. The lowest BCUT2D eigenvalue weighted by atomic mass is 9.99. The second-order valence-electron chi connectivity index (χ2n) is 5.45. The summed E-state index contributed by atoms with van der Waals surface area (Å²) in [6, 6.07) is 3.63. The fourth-order valence-electron chi connectivity index (χ4n) is 2.56. The smallest absolute Gasteiger partial charge is 0.308 e. The number of carboxylic acids is 1. The molecule has 1 saturated heterocycles. The summed E-state index contributed by atoms with van der Waals surface area (Å²) in [4.78, 5) is 21.1. The molecule has 22 heavy (non-hydrogen) atoms. The Bertz CT molecular complexity index is 730. The van der Waals surface area contributed by atoms with Crippen LogP contribution in [0, 0.1) is 28.9 Å². The maximum Gasteiger partial charge on any atom is 0.308 e. The molecule has 1 fully saturated rings. The second kappa shape index (κ2) is 5.65. The maximum absolute atomic E-state index is 12.7. The molecular weight excluding hydrogens is 312 g/mol. The van der Waals surface area contributed by atoms with Gasteiger partial charge in [-0.2, -0.15) is 4.31 Å². The van der Waals surface area contributed by atoms with Gasteiger partial charge in [0.1, 0.15) is 0 Å². The van der Waals surface area contributed by atoms with Crippen molar-refractivity contribution in [2.45, 2.75) is 18.7 Å². The molecule has 0 bridgehead atoms. The number of aryl methyl sites for hydroxylation is 1. The van der Waals surface area contributed by atoms with E-state index in [1.54, 1.807) is 13.8 Å². The summed E-state index contributed by atoms with van der Waals surface area (Å²) in [5, 5.41) is 19.9. The summed E-state index contributed by atoms with van der Waals surface area (Å²) in [6.07, 6.45) is 0. The molecule has 0 amide bonds. The zero-order valence-electron chi connectivity index (χ0n) is 12.1. The van der Waals surface area contributed by atoms with E-state index < -0.39 is 26.8 Å². The summed E-state index contributed by atoms with van der Waals surface area (Å²) in [5.74, 6) is -2.12. The van der Waals surface area contributed by atoms with Crippen molar-refractivity contribution in [3.8, 4) is 0 Å². The first kappa shape index (κ1) is 16.4. The SMILES string of the molecule is Cc1ccc([N+](=O)[O-])cc1S(=O)(=O)N1C[C@@H](C)[C@H](C(=O)O)C1. The molecule has 0 unspecified atom stereocenters. The number of rotatable bonds is 4. The van der Waals surface area contributed by atoms with Gasteiger partial charge in [-0.3, -0.25) is 14.9 Å². The van der Waals surface area contributed by atoms with E-state index in [1.807, 2.05) is 0 Å². The summed E-state index contributed by atoms with van der Waals surface area (Å²) in [5.41, 5.74) is 0.0724. The molecule has 0 aliphatic carbocycles. The molecule has 120 valence electrons. The van der Waals surface area contributed by atoms with Gasteiger partial charge in [0.2, 0.25) is 10.0 Å². The first-order chi connectivity index (χ1) is 10.1. The van der Waals surface area contributed by atoms with E-state index in [4.69, 9.17) is 5.11 Å². The van der Waals surface area contributed by atoms with Gasteiger partial charge in [0.05, 0.1) is 15.7 Å². The van der Waals surface area contributed by atoms with Crippen LogP contribution in [0.3, 0.4) is 0 Å². The number of non-ortho nitro benzene ring substituents is 1. The van der Waals surface area contributed by atoms with Crippen molar-refractivity contribution in [2.75, 3.05) is 13.1 Å². The van der Waals surface area contributed by atoms with Crippen molar-refractivity contribution < 1.29 is 23.2 Å². The van der Waals surface area contributed by atoms with Crippen LogP contribution in [0.5, 0.6) is 0 Å². The highest BCUT2D eigenvalue weighted by Crippen LogP contribution is 2.31. The zero-order valence-corrected chi connectivity index (χ0v) is 12.9. The molecule has 2 rings (SSSR count). The van der Waals surface area contributed by atoms with E-state index in [9.17, 15) is 23.3 Å². The highest BCUT2D eigenvalue weighted by molar-refractivity contribution is 7.89. The molecule has 0 spiro atoms. The molecule has 1 aliphatic heterocycles. The lowest BCUT2D eigenvalue weighted by molar-refractivity contribution is -0.385. The normalized spacial score (nSPS) is 22.6. The van der Waals surface area contributed by atoms with E-state index in [2.05, 4.69) is 0 Å². The molecule has 1 N–H and O–H groups in total. The van der Waals surface area contributed by atoms with E-state index in [-0.39, 0.29) is 29.6 Å². The van der Waals surface area contributed by atoms with E-state index in [0.717, 1.165) is 10.4 Å². The van der Waals surface area contributed by atoms with Crippen molar-refractivity contribution in [1.82, 2.24) is 4.31 Å². The van der Waals surface area contributed by atoms with Crippen LogP contribution in [-0.2, 0) is 14.8 Å². The van der Waals surface area contributed by atoms with Crippen molar-refractivity contribution >= 4 is 21.7 Å². The highest BCUT2D eigenvalue weighted by atomic mass is 32.2. The Morgan fingerprint density at radius 1 is 1.41 bits per heavy atom. The number of hydrogen-bond donors (Lipinski definition) is 1. The number of nitro groups is 1. The van der Waals surface area contributed by atoms with Gasteiger partial charge in [0.25, 0.3) is 5.69 Å². The topological polar surface area (TPSA) is 118 Å². The van der Waals surface area contributed by atoms with Gasteiger partial charge in [0, 0.05) is 25.2 Å². The van der Waals surface area contributed by atoms with Crippen LogP contribution in [0.1, 0.15) is 12.5 Å². The molecule has 1 aliphatic rings. The van der Waals surface area contributed by atoms with Gasteiger partial charge in [-0.05, 0) is 18.4 Å². The molecule has 2 atom stereocenters. The minimum Gasteiger partial charge on any atom is -0.481 e. The Morgan fingerprint density at radius 2 is 2.05 bits per heavy atom. The number of nitrogens with zero attached hydrogens (tertiary/aromatic N) is 2. The molecule has 1 aromatic rings. The van der Waals surface area contributed by atoms with Crippen LogP contribution in [0.4, 0.5) is 5.69 Å². The highest BCUT2D eigenvalue weighted by Gasteiger charge is 2.41. The quantitative estimate of drug-likeness (QED) is 0.656. The van der Waals surface area contributed by atoms with Gasteiger partial charge in [0.15, 0.2) is 0 Å². The Kier molecular flexibility index (Phi) is 4.21. The predicted molar refractivity (Wildman–Crippen MR) is 76.9 cm³/mol. The summed E-state index contributed by atoms with van der Waals surface area (Å²) >= 11 is 0. The third kappa shape index (κ3) is 2.81. The lowest BCUT2D eigenvalue weighted by Gasteiger charge is -2.17. The maximum atomic E-state index is 12.7. The zero-order chi connectivity index (χ0) is 16.7. The van der Waals surface area contributed by atoms with Crippen molar-refractivity contribution in [2.24, 2.45) is 11.8 Å². The van der Waals surface area contributed by atoms with Gasteiger partial charge < -0.3 is 5.11 Å².